The summed E-state index contributed by atoms with van der Waals surface area (Å²) in [5.41, 5.74) is 3.49. The van der Waals surface area contributed by atoms with Crippen molar-refractivity contribution in [1.29, 1.82) is 0 Å². The van der Waals surface area contributed by atoms with E-state index in [-0.39, 0.29) is 29.3 Å². The van der Waals surface area contributed by atoms with Gasteiger partial charge in [-0.3, -0.25) is 14.6 Å². The molecule has 1 atom stereocenters. The number of quaternary nitrogens is 1. The molecule has 2 N–H and O–H groups in total. The van der Waals surface area contributed by atoms with E-state index in [0.29, 0.717) is 19.4 Å². The molecule has 0 bridgehead atoms. The van der Waals surface area contributed by atoms with Gasteiger partial charge in [0.05, 0.1) is 13.1 Å². The highest BCUT2D eigenvalue weighted by molar-refractivity contribution is 6.16. The lowest BCUT2D eigenvalue weighted by Gasteiger charge is -2.25. The molecule has 0 unspecified atom stereocenters. The van der Waals surface area contributed by atoms with Crippen LogP contribution in [-0.4, -0.2) is 30.9 Å². The number of Topliss-reactive ketones (excluding diaryl/α,β-unsaturated/α-hetero) is 2. The Morgan fingerprint density at radius 2 is 1.75 bits per heavy atom. The van der Waals surface area contributed by atoms with Gasteiger partial charge in [0.25, 0.3) is 0 Å². The number of nitrogens with zero attached hydrogens (tertiary/aromatic N) is 1. The van der Waals surface area contributed by atoms with Gasteiger partial charge >= 0.3 is 0 Å². The summed E-state index contributed by atoms with van der Waals surface area (Å²) in [6.45, 7) is 1.59. The molecule has 0 spiro atoms. The number of rotatable bonds is 4. The average Bonchev–Trinajstić information content (AvgIpc) is 2.70. The van der Waals surface area contributed by atoms with Gasteiger partial charge in [-0.2, -0.15) is 0 Å². The molecule has 5 heteroatoms. The van der Waals surface area contributed by atoms with Crippen LogP contribution in [0.15, 0.2) is 53.5 Å². The van der Waals surface area contributed by atoms with E-state index in [9.17, 15) is 14.0 Å². The molecule has 2 aromatic rings. The SMILES string of the molecule is O=C1CC(c2ccc(F)cc2)CC(=O)C1C=NC[C@@H]1[NH2+]CCc2ccccc21. The van der Waals surface area contributed by atoms with Crippen LogP contribution in [0, 0.1) is 11.7 Å². The van der Waals surface area contributed by atoms with E-state index in [0.717, 1.165) is 18.5 Å². The molecule has 0 aromatic heterocycles. The minimum Gasteiger partial charge on any atom is -0.338 e. The van der Waals surface area contributed by atoms with Crippen LogP contribution in [0.2, 0.25) is 0 Å². The third-order valence-electron chi connectivity index (χ3n) is 5.81. The summed E-state index contributed by atoms with van der Waals surface area (Å²) in [6, 6.07) is 14.7. The number of hydrogen-bond donors (Lipinski definition) is 1. The molecule has 2 aromatic carbocycles. The first-order chi connectivity index (χ1) is 13.6. The lowest BCUT2D eigenvalue weighted by Crippen LogP contribution is -2.87. The fourth-order valence-corrected chi connectivity index (χ4v) is 4.27. The maximum atomic E-state index is 13.1. The summed E-state index contributed by atoms with van der Waals surface area (Å²) in [6.07, 6.45) is 3.20. The third kappa shape index (κ3) is 3.94. The number of carbonyl (C=O) groups is 2. The van der Waals surface area contributed by atoms with Crippen LogP contribution < -0.4 is 5.32 Å². The van der Waals surface area contributed by atoms with Gasteiger partial charge in [-0.15, -0.1) is 0 Å². The number of ketones is 2. The van der Waals surface area contributed by atoms with Gasteiger partial charge in [0.2, 0.25) is 0 Å². The van der Waals surface area contributed by atoms with Gasteiger partial charge in [0.15, 0.2) is 0 Å². The Labute approximate surface area is 163 Å². The molecule has 144 valence electrons. The van der Waals surface area contributed by atoms with E-state index >= 15 is 0 Å². The van der Waals surface area contributed by atoms with Crippen molar-refractivity contribution in [3.05, 3.63) is 71.0 Å². The smallest absolute Gasteiger partial charge is 0.149 e. The van der Waals surface area contributed by atoms with E-state index in [1.165, 1.54) is 23.3 Å². The summed E-state index contributed by atoms with van der Waals surface area (Å²) in [4.78, 5) is 29.6. The number of benzene rings is 2. The Bertz CT molecular complexity index is 889. The first-order valence-electron chi connectivity index (χ1n) is 9.84. The highest BCUT2D eigenvalue weighted by Crippen LogP contribution is 2.31. The molecule has 28 heavy (non-hydrogen) atoms. The van der Waals surface area contributed by atoms with Crippen molar-refractivity contribution >= 4 is 17.8 Å². The quantitative estimate of drug-likeness (QED) is 0.655. The molecule has 1 aliphatic heterocycles. The predicted octanol–water partition coefficient (Wildman–Crippen LogP) is 2.39. The molecule has 4 rings (SSSR count). The predicted molar refractivity (Wildman–Crippen MR) is 105 cm³/mol. The molecular weight excluding hydrogens is 355 g/mol. The molecule has 1 fully saturated rings. The van der Waals surface area contributed by atoms with E-state index in [4.69, 9.17) is 0 Å². The van der Waals surface area contributed by atoms with Crippen molar-refractivity contribution in [2.24, 2.45) is 10.9 Å². The van der Waals surface area contributed by atoms with Crippen molar-refractivity contribution < 1.29 is 19.3 Å². The highest BCUT2D eigenvalue weighted by Gasteiger charge is 2.35. The molecule has 0 saturated heterocycles. The van der Waals surface area contributed by atoms with Crippen LogP contribution in [-0.2, 0) is 16.0 Å². The minimum absolute atomic E-state index is 0.0950. The van der Waals surface area contributed by atoms with Crippen LogP contribution in [0.3, 0.4) is 0 Å². The molecule has 0 amide bonds. The Morgan fingerprint density at radius 1 is 1.04 bits per heavy atom. The standard InChI is InChI=1S/C23H23FN2O2/c24-18-7-5-15(6-8-18)17-11-22(27)20(23(28)12-17)13-25-14-21-19-4-2-1-3-16(19)9-10-26-21/h1-8,13,17,20-21,26H,9-12,14H2/p+1/t17?,20?,21-/m0/s1. The molecule has 0 radical (unpaired) electrons. The fourth-order valence-electron chi connectivity index (χ4n) is 4.27. The summed E-state index contributed by atoms with van der Waals surface area (Å²) >= 11 is 0. The second kappa shape index (κ2) is 8.15. The fraction of sp³-hybridized carbons (Fsp3) is 0.348. The number of nitrogens with two attached hydrogens (primary N) is 1. The number of carbonyl (C=O) groups excluding carboxylic acids is 2. The van der Waals surface area contributed by atoms with E-state index in [1.54, 1.807) is 18.3 Å². The maximum Gasteiger partial charge on any atom is 0.149 e. The Kier molecular flexibility index (Phi) is 5.44. The Balaban J connectivity index is 1.40. The lowest BCUT2D eigenvalue weighted by atomic mass is 9.77. The molecule has 2 aliphatic rings. The highest BCUT2D eigenvalue weighted by atomic mass is 19.1. The van der Waals surface area contributed by atoms with Crippen LogP contribution in [0.1, 0.15) is 41.5 Å². The monoisotopic (exact) mass is 379 g/mol. The number of aliphatic imine (C=N–C) groups is 1. The third-order valence-corrected chi connectivity index (χ3v) is 5.81. The zero-order chi connectivity index (χ0) is 19.5. The summed E-state index contributed by atoms with van der Waals surface area (Å²) in [5.74, 6) is -1.41. The van der Waals surface area contributed by atoms with Crippen LogP contribution in [0.5, 0.6) is 0 Å². The van der Waals surface area contributed by atoms with Crippen LogP contribution in [0.4, 0.5) is 4.39 Å². The Morgan fingerprint density at radius 3 is 2.50 bits per heavy atom. The number of hydrogen-bond acceptors (Lipinski definition) is 3. The second-order valence-electron chi connectivity index (χ2n) is 7.66. The van der Waals surface area contributed by atoms with E-state index in [1.807, 2.05) is 6.07 Å². The summed E-state index contributed by atoms with van der Waals surface area (Å²) in [5, 5.41) is 2.27. The largest absolute Gasteiger partial charge is 0.338 e. The van der Waals surface area contributed by atoms with Crippen molar-refractivity contribution in [2.45, 2.75) is 31.2 Å². The van der Waals surface area contributed by atoms with Gasteiger partial charge in [0, 0.05) is 31.0 Å². The summed E-state index contributed by atoms with van der Waals surface area (Å²) < 4.78 is 13.1. The van der Waals surface area contributed by atoms with Gasteiger partial charge in [-0.05, 0) is 29.2 Å². The topological polar surface area (TPSA) is 63.1 Å². The zero-order valence-corrected chi connectivity index (χ0v) is 15.7. The van der Waals surface area contributed by atoms with Crippen molar-refractivity contribution in [1.82, 2.24) is 0 Å². The van der Waals surface area contributed by atoms with Crippen LogP contribution in [0.25, 0.3) is 0 Å². The van der Waals surface area contributed by atoms with E-state index in [2.05, 4.69) is 28.5 Å². The van der Waals surface area contributed by atoms with Crippen molar-refractivity contribution in [3.63, 3.8) is 0 Å². The zero-order valence-electron chi connectivity index (χ0n) is 15.7. The number of halogens is 1. The lowest BCUT2D eigenvalue weighted by molar-refractivity contribution is -0.696. The second-order valence-corrected chi connectivity index (χ2v) is 7.66. The van der Waals surface area contributed by atoms with Gasteiger partial charge in [-0.25, -0.2) is 4.39 Å². The van der Waals surface area contributed by atoms with Gasteiger partial charge in [0.1, 0.15) is 29.3 Å². The first-order valence-corrected chi connectivity index (χ1v) is 9.84. The van der Waals surface area contributed by atoms with E-state index < -0.39 is 5.92 Å². The first kappa shape index (κ1) is 18.7. The van der Waals surface area contributed by atoms with Gasteiger partial charge in [-0.1, -0.05) is 36.4 Å². The molecule has 1 saturated carbocycles. The van der Waals surface area contributed by atoms with Crippen LogP contribution >= 0.6 is 0 Å². The normalized spacial score (nSPS) is 25.1. The van der Waals surface area contributed by atoms with Crippen molar-refractivity contribution in [2.75, 3.05) is 13.1 Å². The Hall–Kier alpha value is -2.66. The molecule has 1 aliphatic carbocycles. The molecule has 4 nitrogen and oxygen atoms in total. The molecular formula is C23H24FN2O2+. The van der Waals surface area contributed by atoms with Crippen molar-refractivity contribution in [3.8, 4) is 0 Å². The average molecular weight is 379 g/mol. The van der Waals surface area contributed by atoms with Gasteiger partial charge < -0.3 is 5.32 Å². The summed E-state index contributed by atoms with van der Waals surface area (Å²) in [7, 11) is 0. The minimum atomic E-state index is -0.740. The maximum absolute atomic E-state index is 13.1. The number of fused-ring (bicyclic) bond motifs is 1. The molecule has 1 heterocycles.